The first-order valence-electron chi connectivity index (χ1n) is 4.58. The summed E-state index contributed by atoms with van der Waals surface area (Å²) < 4.78 is 10.3. The van der Waals surface area contributed by atoms with Gasteiger partial charge in [-0.2, -0.15) is 0 Å². The van der Waals surface area contributed by atoms with Crippen LogP contribution >= 0.6 is 11.6 Å². The Morgan fingerprint density at radius 2 is 2.20 bits per heavy atom. The average molecular weight is 228 g/mol. The van der Waals surface area contributed by atoms with Crippen molar-refractivity contribution >= 4 is 17.7 Å². The Balaban J connectivity index is 2.89. The Morgan fingerprint density at radius 3 is 2.80 bits per heavy atom. The molecular weight excluding hydrogens is 214 g/mol. The minimum atomic E-state index is 0.0605. The highest BCUT2D eigenvalue weighted by molar-refractivity contribution is 6.29. The summed E-state index contributed by atoms with van der Waals surface area (Å²) in [6.07, 6.45) is 5.55. The van der Waals surface area contributed by atoms with Gasteiger partial charge in [0.05, 0.1) is 13.2 Å². The van der Waals surface area contributed by atoms with Crippen molar-refractivity contribution in [2.75, 3.05) is 14.2 Å². The van der Waals surface area contributed by atoms with Crippen molar-refractivity contribution in [1.82, 2.24) is 4.98 Å². The predicted octanol–water partition coefficient (Wildman–Crippen LogP) is 2.79. The van der Waals surface area contributed by atoms with Crippen LogP contribution in [0, 0.1) is 0 Å². The van der Waals surface area contributed by atoms with E-state index in [9.17, 15) is 0 Å². The second-order valence-corrected chi connectivity index (χ2v) is 3.44. The molecule has 0 aliphatic heterocycles. The summed E-state index contributed by atoms with van der Waals surface area (Å²) >= 11 is 5.75. The third-order valence-corrected chi connectivity index (χ3v) is 2.21. The molecule has 0 aliphatic rings. The molecule has 0 N–H and O–H groups in total. The van der Waals surface area contributed by atoms with Crippen molar-refractivity contribution in [2.24, 2.45) is 0 Å². The normalized spacial score (nSPS) is 13.1. The topological polar surface area (TPSA) is 31.4 Å². The molecule has 82 valence electrons. The lowest BCUT2D eigenvalue weighted by Crippen LogP contribution is -1.98. The van der Waals surface area contributed by atoms with Crippen LogP contribution in [0.5, 0.6) is 5.75 Å². The fourth-order valence-electron chi connectivity index (χ4n) is 1.04. The van der Waals surface area contributed by atoms with Gasteiger partial charge in [-0.3, -0.25) is 0 Å². The SMILES string of the molecule is COc1cc(Cl)ncc1/C=C/C(C)OC. The van der Waals surface area contributed by atoms with Crippen LogP contribution in [-0.4, -0.2) is 25.3 Å². The van der Waals surface area contributed by atoms with E-state index in [0.29, 0.717) is 10.9 Å². The Bertz CT molecular complexity index is 352. The first kappa shape index (κ1) is 12.0. The van der Waals surface area contributed by atoms with Gasteiger partial charge in [0.25, 0.3) is 0 Å². The fourth-order valence-corrected chi connectivity index (χ4v) is 1.19. The second kappa shape index (κ2) is 5.73. The molecular formula is C11H14ClNO2. The number of hydrogen-bond donors (Lipinski definition) is 0. The zero-order chi connectivity index (χ0) is 11.3. The minimum absolute atomic E-state index is 0.0605. The highest BCUT2D eigenvalue weighted by Gasteiger charge is 2.02. The average Bonchev–Trinajstić information content (AvgIpc) is 2.26. The van der Waals surface area contributed by atoms with Gasteiger partial charge in [-0.05, 0) is 6.92 Å². The Hall–Kier alpha value is -1.06. The molecule has 0 aliphatic carbocycles. The maximum absolute atomic E-state index is 5.75. The summed E-state index contributed by atoms with van der Waals surface area (Å²) in [7, 11) is 3.26. The van der Waals surface area contributed by atoms with Crippen molar-refractivity contribution in [3.63, 3.8) is 0 Å². The van der Waals surface area contributed by atoms with Gasteiger partial charge in [0, 0.05) is 24.9 Å². The van der Waals surface area contributed by atoms with Crippen molar-refractivity contribution in [2.45, 2.75) is 13.0 Å². The molecule has 1 rings (SSSR count). The van der Waals surface area contributed by atoms with Crippen molar-refractivity contribution in [3.05, 3.63) is 29.1 Å². The van der Waals surface area contributed by atoms with E-state index in [-0.39, 0.29) is 6.10 Å². The lowest BCUT2D eigenvalue weighted by Gasteiger charge is -2.05. The van der Waals surface area contributed by atoms with E-state index in [1.807, 2.05) is 19.1 Å². The number of methoxy groups -OCH3 is 2. The van der Waals surface area contributed by atoms with Crippen molar-refractivity contribution in [1.29, 1.82) is 0 Å². The van der Waals surface area contributed by atoms with Crippen molar-refractivity contribution < 1.29 is 9.47 Å². The molecule has 0 spiro atoms. The van der Waals surface area contributed by atoms with E-state index in [4.69, 9.17) is 21.1 Å². The van der Waals surface area contributed by atoms with Crippen LogP contribution < -0.4 is 4.74 Å². The van der Waals surface area contributed by atoms with Gasteiger partial charge < -0.3 is 9.47 Å². The van der Waals surface area contributed by atoms with Gasteiger partial charge >= 0.3 is 0 Å². The van der Waals surface area contributed by atoms with E-state index < -0.39 is 0 Å². The lowest BCUT2D eigenvalue weighted by atomic mass is 10.2. The summed E-state index contributed by atoms with van der Waals surface area (Å²) in [6.45, 7) is 1.95. The van der Waals surface area contributed by atoms with Crippen LogP contribution in [0.1, 0.15) is 12.5 Å². The minimum Gasteiger partial charge on any atom is -0.496 e. The van der Waals surface area contributed by atoms with E-state index >= 15 is 0 Å². The molecule has 0 radical (unpaired) electrons. The second-order valence-electron chi connectivity index (χ2n) is 3.05. The molecule has 1 unspecified atom stereocenters. The summed E-state index contributed by atoms with van der Waals surface area (Å²) in [5, 5.41) is 0.420. The monoisotopic (exact) mass is 227 g/mol. The quantitative estimate of drug-likeness (QED) is 0.742. The van der Waals surface area contributed by atoms with E-state index in [1.165, 1.54) is 0 Å². The van der Waals surface area contributed by atoms with Gasteiger partial charge in [-0.15, -0.1) is 0 Å². The largest absolute Gasteiger partial charge is 0.496 e. The van der Waals surface area contributed by atoms with Crippen LogP contribution in [-0.2, 0) is 4.74 Å². The summed E-state index contributed by atoms with van der Waals surface area (Å²) in [6, 6.07) is 1.68. The van der Waals surface area contributed by atoms with E-state index in [0.717, 1.165) is 5.56 Å². The fraction of sp³-hybridized carbons (Fsp3) is 0.364. The number of ether oxygens (including phenoxy) is 2. The standard InChI is InChI=1S/C11H14ClNO2/c1-8(14-2)4-5-9-7-13-11(12)6-10(9)15-3/h4-8H,1-3H3/b5-4+. The van der Waals surface area contributed by atoms with Gasteiger partial charge in [-0.1, -0.05) is 23.8 Å². The third-order valence-electron chi connectivity index (χ3n) is 2.00. The molecule has 3 nitrogen and oxygen atoms in total. The smallest absolute Gasteiger partial charge is 0.132 e. The number of nitrogens with zero attached hydrogens (tertiary/aromatic N) is 1. The Kier molecular flexibility index (Phi) is 4.59. The molecule has 15 heavy (non-hydrogen) atoms. The van der Waals surface area contributed by atoms with Gasteiger partial charge in [0.2, 0.25) is 0 Å². The summed E-state index contributed by atoms with van der Waals surface area (Å²) in [5.74, 6) is 0.703. The van der Waals surface area contributed by atoms with Crippen LogP contribution in [0.2, 0.25) is 5.15 Å². The Labute approximate surface area is 94.7 Å². The van der Waals surface area contributed by atoms with Crippen molar-refractivity contribution in [3.8, 4) is 5.75 Å². The van der Waals surface area contributed by atoms with E-state index in [1.54, 1.807) is 26.5 Å². The highest BCUT2D eigenvalue weighted by atomic mass is 35.5. The number of rotatable bonds is 4. The Morgan fingerprint density at radius 1 is 1.47 bits per heavy atom. The summed E-state index contributed by atoms with van der Waals surface area (Å²) in [5.41, 5.74) is 0.880. The van der Waals surface area contributed by atoms with E-state index in [2.05, 4.69) is 4.98 Å². The van der Waals surface area contributed by atoms with Gasteiger partial charge in [0.15, 0.2) is 0 Å². The molecule has 0 amide bonds. The number of hydrogen-bond acceptors (Lipinski definition) is 3. The molecule has 1 heterocycles. The van der Waals surface area contributed by atoms with Gasteiger partial charge in [0.1, 0.15) is 10.9 Å². The number of pyridine rings is 1. The molecule has 1 atom stereocenters. The number of halogens is 1. The molecule has 1 aromatic heterocycles. The molecule has 0 aromatic carbocycles. The highest BCUT2D eigenvalue weighted by Crippen LogP contribution is 2.22. The molecule has 0 saturated carbocycles. The summed E-state index contributed by atoms with van der Waals surface area (Å²) in [4.78, 5) is 3.98. The van der Waals surface area contributed by atoms with Crippen LogP contribution in [0.4, 0.5) is 0 Å². The van der Waals surface area contributed by atoms with Gasteiger partial charge in [-0.25, -0.2) is 4.98 Å². The third kappa shape index (κ3) is 3.53. The first-order valence-corrected chi connectivity index (χ1v) is 4.95. The predicted molar refractivity (Wildman–Crippen MR) is 61.3 cm³/mol. The van der Waals surface area contributed by atoms with Crippen LogP contribution in [0.3, 0.4) is 0 Å². The first-order chi connectivity index (χ1) is 7.17. The maximum Gasteiger partial charge on any atom is 0.132 e. The molecule has 0 bridgehead atoms. The zero-order valence-corrected chi connectivity index (χ0v) is 9.78. The number of aromatic nitrogens is 1. The lowest BCUT2D eigenvalue weighted by molar-refractivity contribution is 0.157. The molecule has 0 saturated heterocycles. The molecule has 0 fully saturated rings. The maximum atomic E-state index is 5.75. The zero-order valence-electron chi connectivity index (χ0n) is 9.03. The molecule has 4 heteroatoms. The van der Waals surface area contributed by atoms with Crippen LogP contribution in [0.25, 0.3) is 6.08 Å². The molecule has 1 aromatic rings. The van der Waals surface area contributed by atoms with Crippen LogP contribution in [0.15, 0.2) is 18.3 Å².